The molecule has 16 heteroatoms. The third kappa shape index (κ3) is 6.63. The van der Waals surface area contributed by atoms with E-state index in [0.717, 1.165) is 16.3 Å². The van der Waals surface area contributed by atoms with Crippen LogP contribution in [0.5, 0.6) is 5.75 Å². The van der Waals surface area contributed by atoms with Gasteiger partial charge in [0.1, 0.15) is 36.2 Å². The fraction of sp³-hybridized carbons (Fsp3) is 0.353. The number of aromatic nitrogens is 4. The van der Waals surface area contributed by atoms with E-state index in [1.165, 1.54) is 13.3 Å². The molecule has 7 rings (SSSR count). The molecule has 5 aromatic rings. The maximum absolute atomic E-state index is 14.6. The molecular formula is C34H37N6O9P. The van der Waals surface area contributed by atoms with Crippen LogP contribution >= 0.6 is 7.75 Å². The van der Waals surface area contributed by atoms with E-state index in [-0.39, 0.29) is 36.1 Å². The summed E-state index contributed by atoms with van der Waals surface area (Å²) in [4.78, 5) is 36.5. The summed E-state index contributed by atoms with van der Waals surface area (Å²) in [7, 11) is -4.32. The van der Waals surface area contributed by atoms with E-state index in [1.54, 1.807) is 37.5 Å². The SMILES string of the molecule is C[C@H](NP(=O)(OC[C@H]1O[C@@H](n2cnc3c(=O)[nH]c(N)nc32)[C@]2(C)OC(C)(C)O[C@H]12)Oc1ccc2ccccc2c1)C(=O)OCc1ccccc1. The van der Waals surface area contributed by atoms with Gasteiger partial charge in [0.15, 0.2) is 23.2 Å². The first kappa shape index (κ1) is 33.8. The van der Waals surface area contributed by atoms with Gasteiger partial charge in [-0.15, -0.1) is 0 Å². The summed E-state index contributed by atoms with van der Waals surface area (Å²) >= 11 is 0. The smallest absolute Gasteiger partial charge is 0.459 e. The van der Waals surface area contributed by atoms with Gasteiger partial charge in [0.2, 0.25) is 5.95 Å². The third-order valence-electron chi connectivity index (χ3n) is 8.56. The normalized spacial score (nSPS) is 24.5. The molecular weight excluding hydrogens is 667 g/mol. The van der Waals surface area contributed by atoms with Crippen molar-refractivity contribution in [3.63, 3.8) is 0 Å². The van der Waals surface area contributed by atoms with Crippen molar-refractivity contribution in [3.05, 3.63) is 95.0 Å². The number of hydrogen-bond donors (Lipinski definition) is 3. The Labute approximate surface area is 286 Å². The molecule has 2 aliphatic rings. The molecule has 0 bridgehead atoms. The molecule has 0 spiro atoms. The van der Waals surface area contributed by atoms with Crippen LogP contribution in [0.15, 0.2) is 83.9 Å². The van der Waals surface area contributed by atoms with Crippen molar-refractivity contribution < 1.29 is 37.4 Å². The second-order valence-corrected chi connectivity index (χ2v) is 14.6. The molecule has 0 radical (unpaired) electrons. The highest BCUT2D eigenvalue weighted by Gasteiger charge is 2.64. The van der Waals surface area contributed by atoms with Gasteiger partial charge in [-0.1, -0.05) is 60.7 Å². The first-order valence-electron chi connectivity index (χ1n) is 16.0. The summed E-state index contributed by atoms with van der Waals surface area (Å²) in [5.74, 6) is -1.55. The Morgan fingerprint density at radius 1 is 1.10 bits per heavy atom. The number of carbonyl (C=O) groups excluding carboxylic acids is 1. The minimum absolute atomic E-state index is 0.0301. The third-order valence-corrected chi connectivity index (χ3v) is 10.2. The maximum Gasteiger partial charge on any atom is 0.459 e. The number of rotatable bonds is 11. The zero-order valence-electron chi connectivity index (χ0n) is 27.8. The molecule has 0 aliphatic carbocycles. The van der Waals surface area contributed by atoms with Gasteiger partial charge in [-0.2, -0.15) is 10.1 Å². The number of fused-ring (bicyclic) bond motifs is 3. The fourth-order valence-corrected chi connectivity index (χ4v) is 7.89. The Kier molecular flexibility index (Phi) is 8.75. The lowest BCUT2D eigenvalue weighted by Gasteiger charge is -2.30. The van der Waals surface area contributed by atoms with Crippen molar-refractivity contribution in [3.8, 4) is 5.75 Å². The van der Waals surface area contributed by atoms with Crippen molar-refractivity contribution >= 4 is 41.6 Å². The molecule has 2 aromatic heterocycles. The highest BCUT2D eigenvalue weighted by Crippen LogP contribution is 2.53. The predicted octanol–water partition coefficient (Wildman–Crippen LogP) is 4.59. The van der Waals surface area contributed by atoms with Gasteiger partial charge in [0, 0.05) is 0 Å². The Hall–Kier alpha value is -4.63. The minimum Gasteiger partial charge on any atom is -0.460 e. The zero-order chi connectivity index (χ0) is 35.3. The molecule has 6 atom stereocenters. The second kappa shape index (κ2) is 12.9. The summed E-state index contributed by atoms with van der Waals surface area (Å²) in [5, 5.41) is 4.55. The molecule has 0 saturated carbocycles. The number of anilines is 1. The van der Waals surface area contributed by atoms with Crippen molar-refractivity contribution in [2.75, 3.05) is 12.3 Å². The van der Waals surface area contributed by atoms with Gasteiger partial charge in [0.25, 0.3) is 5.56 Å². The summed E-state index contributed by atoms with van der Waals surface area (Å²) in [6.45, 7) is 6.54. The molecule has 50 heavy (non-hydrogen) atoms. The van der Waals surface area contributed by atoms with Crippen LogP contribution in [0.2, 0.25) is 0 Å². The molecule has 2 aliphatic heterocycles. The average molecular weight is 705 g/mol. The lowest BCUT2D eigenvalue weighted by atomic mass is 9.96. The van der Waals surface area contributed by atoms with E-state index in [1.807, 2.05) is 60.7 Å². The molecule has 1 unspecified atom stereocenters. The van der Waals surface area contributed by atoms with E-state index >= 15 is 0 Å². The molecule has 4 N–H and O–H groups in total. The van der Waals surface area contributed by atoms with Gasteiger partial charge in [-0.3, -0.25) is 23.7 Å². The Bertz CT molecular complexity index is 2160. The van der Waals surface area contributed by atoms with Crippen molar-refractivity contribution in [2.45, 2.75) is 70.2 Å². The number of aromatic amines is 1. The summed E-state index contributed by atoms with van der Waals surface area (Å²) in [6, 6.07) is 21.0. The van der Waals surface area contributed by atoms with Gasteiger partial charge < -0.3 is 29.2 Å². The molecule has 2 fully saturated rings. The second-order valence-electron chi connectivity index (χ2n) is 12.9. The predicted molar refractivity (Wildman–Crippen MR) is 182 cm³/mol. The van der Waals surface area contributed by atoms with E-state index in [2.05, 4.69) is 20.0 Å². The van der Waals surface area contributed by atoms with Gasteiger partial charge in [-0.25, -0.2) is 9.55 Å². The summed E-state index contributed by atoms with van der Waals surface area (Å²) < 4.78 is 52.8. The van der Waals surface area contributed by atoms with Crippen molar-refractivity contribution in [1.82, 2.24) is 24.6 Å². The van der Waals surface area contributed by atoms with Crippen LogP contribution < -0.4 is 20.9 Å². The average Bonchev–Trinajstić information content (AvgIpc) is 3.69. The van der Waals surface area contributed by atoms with Crippen molar-refractivity contribution in [1.29, 1.82) is 0 Å². The summed E-state index contributed by atoms with van der Waals surface area (Å²) in [6.07, 6.45) is -1.13. The number of nitrogens with one attached hydrogen (secondary N) is 2. The number of nitrogens with two attached hydrogens (primary N) is 1. The minimum atomic E-state index is -4.32. The van der Waals surface area contributed by atoms with Crippen LogP contribution in [0, 0.1) is 0 Å². The van der Waals surface area contributed by atoms with E-state index < -0.39 is 55.1 Å². The lowest BCUT2D eigenvalue weighted by molar-refractivity contribution is -0.216. The number of esters is 1. The fourth-order valence-electron chi connectivity index (χ4n) is 6.39. The topological polar surface area (TPSA) is 191 Å². The number of nitrogen functional groups attached to an aromatic ring is 1. The highest BCUT2D eigenvalue weighted by atomic mass is 31.2. The summed E-state index contributed by atoms with van der Waals surface area (Å²) in [5.41, 5.74) is 5.24. The van der Waals surface area contributed by atoms with Gasteiger partial charge >= 0.3 is 13.7 Å². The van der Waals surface area contributed by atoms with Crippen LogP contribution in [0.1, 0.15) is 39.5 Å². The molecule has 262 valence electrons. The van der Waals surface area contributed by atoms with Crippen LogP contribution in [0.25, 0.3) is 21.9 Å². The van der Waals surface area contributed by atoms with Crippen LogP contribution in [-0.4, -0.2) is 61.7 Å². The largest absolute Gasteiger partial charge is 0.460 e. The Balaban J connectivity index is 1.15. The Morgan fingerprint density at radius 3 is 2.62 bits per heavy atom. The number of imidazole rings is 1. The first-order valence-corrected chi connectivity index (χ1v) is 17.5. The maximum atomic E-state index is 14.6. The monoisotopic (exact) mass is 704 g/mol. The number of benzene rings is 3. The highest BCUT2D eigenvalue weighted by molar-refractivity contribution is 7.52. The number of hydrogen-bond acceptors (Lipinski definition) is 12. The Morgan fingerprint density at radius 2 is 1.84 bits per heavy atom. The molecule has 3 aromatic carbocycles. The van der Waals surface area contributed by atoms with E-state index in [0.29, 0.717) is 0 Å². The van der Waals surface area contributed by atoms with E-state index in [4.69, 9.17) is 33.7 Å². The quantitative estimate of drug-likeness (QED) is 0.128. The molecule has 0 amide bonds. The van der Waals surface area contributed by atoms with Crippen LogP contribution in [0.3, 0.4) is 0 Å². The zero-order valence-corrected chi connectivity index (χ0v) is 28.7. The van der Waals surface area contributed by atoms with Crippen molar-refractivity contribution in [2.24, 2.45) is 0 Å². The standard InChI is InChI=1S/C34H37N6O9P/c1-20(30(42)44-17-21-10-6-5-7-11-21)39-50(43,48-24-15-14-22-12-8-9-13-23(22)16-24)45-18-25-27-34(4,49-33(2,3)47-27)31(46-25)40-19-36-26-28(40)37-32(35)38-29(26)41/h5-16,19-20,25,27,31H,17-18H2,1-4H3,(H,39,43)(H3,35,37,38,41)/t20-,25+,27+,31+,34+,50?/m0/s1. The number of carbonyl (C=O) groups is 1. The number of H-pyrrole nitrogens is 1. The first-order chi connectivity index (χ1) is 23.8. The molecule has 4 heterocycles. The number of nitrogens with zero attached hydrogens (tertiary/aromatic N) is 3. The molecule has 2 saturated heterocycles. The van der Waals surface area contributed by atoms with Gasteiger partial charge in [0.05, 0.1) is 12.9 Å². The molecule has 15 nitrogen and oxygen atoms in total. The van der Waals surface area contributed by atoms with Crippen LogP contribution in [0.4, 0.5) is 5.95 Å². The van der Waals surface area contributed by atoms with Crippen LogP contribution in [-0.2, 0) is 39.4 Å². The van der Waals surface area contributed by atoms with Gasteiger partial charge in [-0.05, 0) is 56.2 Å². The number of ether oxygens (including phenoxy) is 4. The lowest BCUT2D eigenvalue weighted by Crippen LogP contribution is -2.42. The van der Waals surface area contributed by atoms with E-state index in [9.17, 15) is 14.2 Å².